The minimum Gasteiger partial charge on any atom is -0.221 e. The SMILES string of the molecule is CCC[C]1C(C(F)(F)F)=CC(C(F)(C(F)(F)F)C(F)(F)C(F)(F)F)=CC1Br. The molecule has 2 atom stereocenters. The van der Waals surface area contributed by atoms with Crippen molar-refractivity contribution in [1.29, 1.82) is 0 Å². The lowest BCUT2D eigenvalue weighted by Gasteiger charge is -2.39. The second-order valence-electron chi connectivity index (χ2n) is 5.58. The molecule has 0 fully saturated rings. The highest BCUT2D eigenvalue weighted by atomic mass is 79.9. The minimum atomic E-state index is -7.04. The van der Waals surface area contributed by atoms with E-state index < -0.39 is 58.1 Å². The smallest absolute Gasteiger partial charge is 0.221 e. The molecule has 0 heterocycles. The maximum absolute atomic E-state index is 14.4. The van der Waals surface area contributed by atoms with Gasteiger partial charge < -0.3 is 0 Å². The molecule has 0 saturated heterocycles. The first-order valence-electron chi connectivity index (χ1n) is 7.03. The molecule has 2 unspecified atom stereocenters. The number of allylic oxidation sites excluding steroid dienone is 4. The lowest BCUT2D eigenvalue weighted by molar-refractivity contribution is -0.371. The van der Waals surface area contributed by atoms with E-state index in [1.54, 1.807) is 0 Å². The van der Waals surface area contributed by atoms with Gasteiger partial charge >= 0.3 is 30.1 Å². The minimum absolute atomic E-state index is 0.0484. The third-order valence-electron chi connectivity index (χ3n) is 3.71. The Morgan fingerprint density at radius 1 is 0.852 bits per heavy atom. The first-order valence-corrected chi connectivity index (χ1v) is 7.95. The number of halogens is 13. The molecular formula is C14H10BrF12. The second kappa shape index (κ2) is 7.18. The lowest BCUT2D eigenvalue weighted by atomic mass is 9.78. The van der Waals surface area contributed by atoms with Crippen LogP contribution in [0.3, 0.4) is 0 Å². The van der Waals surface area contributed by atoms with Crippen LogP contribution in [0.25, 0.3) is 0 Å². The van der Waals surface area contributed by atoms with Gasteiger partial charge in [0.05, 0.1) is 0 Å². The van der Waals surface area contributed by atoms with E-state index in [2.05, 4.69) is 15.9 Å². The Labute approximate surface area is 153 Å². The maximum atomic E-state index is 14.4. The standard InChI is InChI=1S/C14H10BrF12/c1-2-3-7-8(11(17,18)19)4-6(5-9(7)15)10(16,13(22,23)24)12(20,21)14(25,26)27/h4-5,9H,2-3H2,1H3. The first-order chi connectivity index (χ1) is 11.8. The Balaban J connectivity index is 3.75. The van der Waals surface area contributed by atoms with E-state index in [1.165, 1.54) is 6.92 Å². The Morgan fingerprint density at radius 2 is 1.33 bits per heavy atom. The molecule has 1 aliphatic carbocycles. The normalized spacial score (nSPS) is 23.0. The van der Waals surface area contributed by atoms with Gasteiger partial charge in [-0.15, -0.1) is 0 Å². The van der Waals surface area contributed by atoms with Gasteiger partial charge in [0.25, 0.3) is 0 Å². The molecule has 0 aromatic rings. The summed E-state index contributed by atoms with van der Waals surface area (Å²) in [4.78, 5) is -1.82. The Morgan fingerprint density at radius 3 is 1.67 bits per heavy atom. The average molecular weight is 486 g/mol. The third-order valence-corrected chi connectivity index (χ3v) is 4.52. The maximum Gasteiger partial charge on any atom is 0.457 e. The van der Waals surface area contributed by atoms with E-state index in [0.29, 0.717) is 0 Å². The van der Waals surface area contributed by atoms with Gasteiger partial charge in [-0.1, -0.05) is 35.4 Å². The summed E-state index contributed by atoms with van der Waals surface area (Å²) in [5.41, 5.74) is -10.8. The predicted octanol–water partition coefficient (Wildman–Crippen LogP) is 7.02. The molecule has 0 aromatic carbocycles. The van der Waals surface area contributed by atoms with Gasteiger partial charge in [-0.2, -0.15) is 48.3 Å². The summed E-state index contributed by atoms with van der Waals surface area (Å²) in [5.74, 6) is -7.65. The van der Waals surface area contributed by atoms with Crippen molar-refractivity contribution in [2.75, 3.05) is 0 Å². The molecule has 13 heteroatoms. The van der Waals surface area contributed by atoms with E-state index in [1.807, 2.05) is 0 Å². The summed E-state index contributed by atoms with van der Waals surface area (Å²) in [5, 5.41) is 0. The molecule has 0 amide bonds. The van der Waals surface area contributed by atoms with Gasteiger partial charge in [0.1, 0.15) is 0 Å². The molecular weight excluding hydrogens is 476 g/mol. The Bertz CT molecular complexity index is 609. The molecule has 0 saturated carbocycles. The highest BCUT2D eigenvalue weighted by Gasteiger charge is 2.82. The number of rotatable bonds is 4. The zero-order chi connectivity index (χ0) is 21.6. The number of alkyl halides is 13. The molecule has 27 heavy (non-hydrogen) atoms. The van der Waals surface area contributed by atoms with Crippen molar-refractivity contribution in [2.24, 2.45) is 0 Å². The van der Waals surface area contributed by atoms with Crippen LogP contribution in [0, 0.1) is 5.92 Å². The number of hydrogen-bond acceptors (Lipinski definition) is 0. The summed E-state index contributed by atoms with van der Waals surface area (Å²) in [6, 6.07) is 0. The zero-order valence-electron chi connectivity index (χ0n) is 13.1. The van der Waals surface area contributed by atoms with Crippen LogP contribution in [0.2, 0.25) is 0 Å². The van der Waals surface area contributed by atoms with E-state index in [4.69, 9.17) is 0 Å². The van der Waals surface area contributed by atoms with Gasteiger partial charge in [0.15, 0.2) is 0 Å². The van der Waals surface area contributed by atoms with Crippen LogP contribution in [-0.2, 0) is 0 Å². The lowest BCUT2D eigenvalue weighted by Crippen LogP contribution is -2.63. The average Bonchev–Trinajstić information content (AvgIpc) is 2.44. The van der Waals surface area contributed by atoms with Crippen molar-refractivity contribution in [3.63, 3.8) is 0 Å². The van der Waals surface area contributed by atoms with Crippen LogP contribution in [-0.4, -0.2) is 34.9 Å². The molecule has 0 N–H and O–H groups in total. The van der Waals surface area contributed by atoms with Crippen LogP contribution < -0.4 is 0 Å². The van der Waals surface area contributed by atoms with Gasteiger partial charge in [0, 0.05) is 21.9 Å². The molecule has 0 aromatic heterocycles. The summed E-state index contributed by atoms with van der Waals surface area (Å²) >= 11 is 2.49. The van der Waals surface area contributed by atoms with Crippen molar-refractivity contribution < 1.29 is 52.7 Å². The van der Waals surface area contributed by atoms with Gasteiger partial charge in [0.2, 0.25) is 0 Å². The summed E-state index contributed by atoms with van der Waals surface area (Å²) < 4.78 is 157. The Hall–Kier alpha value is -0.880. The fourth-order valence-electron chi connectivity index (χ4n) is 2.44. The third kappa shape index (κ3) is 4.12. The van der Waals surface area contributed by atoms with E-state index in [0.717, 1.165) is 0 Å². The largest absolute Gasteiger partial charge is 0.457 e. The quantitative estimate of drug-likeness (QED) is 0.296. The molecule has 0 nitrogen and oxygen atoms in total. The fourth-order valence-corrected chi connectivity index (χ4v) is 3.20. The topological polar surface area (TPSA) is 0 Å². The first kappa shape index (κ1) is 24.2. The molecule has 1 aliphatic rings. The number of hydrogen-bond donors (Lipinski definition) is 0. The van der Waals surface area contributed by atoms with Crippen LogP contribution in [0.5, 0.6) is 0 Å². The summed E-state index contributed by atoms with van der Waals surface area (Å²) in [6.07, 6.45) is -20.3. The zero-order valence-corrected chi connectivity index (χ0v) is 14.6. The van der Waals surface area contributed by atoms with Crippen molar-refractivity contribution in [1.82, 2.24) is 0 Å². The molecule has 0 spiro atoms. The van der Waals surface area contributed by atoms with Gasteiger partial charge in [-0.25, -0.2) is 4.39 Å². The molecule has 1 rings (SSSR count). The molecule has 1 radical (unpaired) electrons. The highest BCUT2D eigenvalue weighted by molar-refractivity contribution is 9.09. The summed E-state index contributed by atoms with van der Waals surface area (Å²) in [7, 11) is 0. The van der Waals surface area contributed by atoms with Crippen molar-refractivity contribution >= 4 is 15.9 Å². The predicted molar refractivity (Wildman–Crippen MR) is 74.0 cm³/mol. The Kier molecular flexibility index (Phi) is 6.42. The highest BCUT2D eigenvalue weighted by Crippen LogP contribution is 2.58. The van der Waals surface area contributed by atoms with Crippen LogP contribution in [0.4, 0.5) is 52.7 Å². The molecule has 157 valence electrons. The van der Waals surface area contributed by atoms with Crippen LogP contribution in [0.1, 0.15) is 19.8 Å². The van der Waals surface area contributed by atoms with E-state index in [-0.39, 0.29) is 18.9 Å². The molecule has 0 aliphatic heterocycles. The van der Waals surface area contributed by atoms with Crippen LogP contribution in [0.15, 0.2) is 23.3 Å². The van der Waals surface area contributed by atoms with E-state index in [9.17, 15) is 52.7 Å². The van der Waals surface area contributed by atoms with Crippen LogP contribution >= 0.6 is 15.9 Å². The fraction of sp³-hybridized carbons (Fsp3) is 0.643. The van der Waals surface area contributed by atoms with E-state index >= 15 is 0 Å². The monoisotopic (exact) mass is 485 g/mol. The second-order valence-corrected chi connectivity index (χ2v) is 6.57. The van der Waals surface area contributed by atoms with Gasteiger partial charge in [-0.05, 0) is 12.5 Å². The van der Waals surface area contributed by atoms with Gasteiger partial charge in [-0.3, -0.25) is 0 Å². The summed E-state index contributed by atoms with van der Waals surface area (Å²) in [6.45, 7) is 1.40. The van der Waals surface area contributed by atoms with Crippen molar-refractivity contribution in [3.05, 3.63) is 29.2 Å². The van der Waals surface area contributed by atoms with Crippen molar-refractivity contribution in [2.45, 2.75) is 54.7 Å². The van der Waals surface area contributed by atoms with Crippen molar-refractivity contribution in [3.8, 4) is 0 Å². The molecule has 0 bridgehead atoms.